The van der Waals surface area contributed by atoms with Gasteiger partial charge in [-0.2, -0.15) is 0 Å². The molecule has 0 radical (unpaired) electrons. The van der Waals surface area contributed by atoms with Crippen LogP contribution in [0.4, 0.5) is 0 Å². The van der Waals surface area contributed by atoms with E-state index < -0.39 is 0 Å². The number of hydrogen-bond donors (Lipinski definition) is 1. The van der Waals surface area contributed by atoms with Gasteiger partial charge in [-0.25, -0.2) is 0 Å². The van der Waals surface area contributed by atoms with Crippen LogP contribution in [0.25, 0.3) is 0 Å². The second-order valence-corrected chi connectivity index (χ2v) is 6.50. The van der Waals surface area contributed by atoms with Gasteiger partial charge < -0.3 is 5.32 Å². The molecule has 1 heteroatoms. The molecular weight excluding hydrogens is 194 g/mol. The maximum absolute atomic E-state index is 3.83. The van der Waals surface area contributed by atoms with Crippen molar-refractivity contribution < 1.29 is 0 Å². The monoisotopic (exact) mass is 225 g/mol. The molecule has 0 spiro atoms. The van der Waals surface area contributed by atoms with Crippen molar-refractivity contribution in [2.75, 3.05) is 0 Å². The molecule has 0 bridgehead atoms. The molecule has 0 aromatic heterocycles. The Balaban J connectivity index is 2.21. The fourth-order valence-electron chi connectivity index (χ4n) is 2.77. The molecule has 1 aliphatic rings. The molecule has 0 amide bonds. The van der Waals surface area contributed by atoms with Crippen LogP contribution in [-0.2, 0) is 0 Å². The lowest BCUT2D eigenvalue weighted by Crippen LogP contribution is -2.41. The minimum Gasteiger partial charge on any atom is -0.311 e. The second kappa shape index (κ2) is 6.64. The highest BCUT2D eigenvalue weighted by atomic mass is 14.9. The lowest BCUT2D eigenvalue weighted by atomic mass is 9.79. The molecule has 1 rings (SSSR count). The maximum atomic E-state index is 3.83. The van der Waals surface area contributed by atoms with Gasteiger partial charge in [-0.3, -0.25) is 0 Å². The zero-order chi connectivity index (χ0) is 12.1. The van der Waals surface area contributed by atoms with Crippen molar-refractivity contribution >= 4 is 0 Å². The highest BCUT2D eigenvalue weighted by molar-refractivity contribution is 4.81. The van der Waals surface area contributed by atoms with Gasteiger partial charge in [0.25, 0.3) is 0 Å². The summed E-state index contributed by atoms with van der Waals surface area (Å²) >= 11 is 0. The molecule has 1 nitrogen and oxygen atoms in total. The van der Waals surface area contributed by atoms with E-state index >= 15 is 0 Å². The Bertz CT molecular complexity index is 188. The van der Waals surface area contributed by atoms with Crippen LogP contribution < -0.4 is 5.32 Å². The summed E-state index contributed by atoms with van der Waals surface area (Å²) in [6.07, 6.45) is 6.87. The van der Waals surface area contributed by atoms with Crippen molar-refractivity contribution in [1.82, 2.24) is 5.32 Å². The van der Waals surface area contributed by atoms with E-state index in [0.717, 1.165) is 23.8 Å². The fraction of sp³-hybridized carbons (Fsp3) is 1.00. The number of nitrogens with one attached hydrogen (secondary N) is 1. The summed E-state index contributed by atoms with van der Waals surface area (Å²) in [5, 5.41) is 3.83. The Kier molecular flexibility index (Phi) is 5.82. The Morgan fingerprint density at radius 3 is 2.25 bits per heavy atom. The van der Waals surface area contributed by atoms with Gasteiger partial charge in [0.05, 0.1) is 0 Å². The van der Waals surface area contributed by atoms with Gasteiger partial charge in [0.2, 0.25) is 0 Å². The minimum absolute atomic E-state index is 0.702. The van der Waals surface area contributed by atoms with Crippen LogP contribution in [0, 0.1) is 17.8 Å². The van der Waals surface area contributed by atoms with E-state index in [9.17, 15) is 0 Å². The molecule has 0 aromatic rings. The van der Waals surface area contributed by atoms with Gasteiger partial charge in [-0.15, -0.1) is 0 Å². The van der Waals surface area contributed by atoms with Gasteiger partial charge in [-0.1, -0.05) is 27.7 Å². The van der Waals surface area contributed by atoms with Gasteiger partial charge in [0.15, 0.2) is 0 Å². The summed E-state index contributed by atoms with van der Waals surface area (Å²) in [6, 6.07) is 1.49. The predicted octanol–water partition coefficient (Wildman–Crippen LogP) is 4.23. The zero-order valence-corrected chi connectivity index (χ0v) is 11.9. The second-order valence-electron chi connectivity index (χ2n) is 6.50. The summed E-state index contributed by atoms with van der Waals surface area (Å²) in [7, 11) is 0. The Morgan fingerprint density at radius 2 is 1.69 bits per heavy atom. The Morgan fingerprint density at radius 1 is 1.00 bits per heavy atom. The molecule has 0 aromatic carbocycles. The standard InChI is InChI=1S/C15H31N/c1-11(2)6-8-14(5)16-15-9-7-12(3)13(4)10-15/h11-16H,6-10H2,1-5H3. The fourth-order valence-corrected chi connectivity index (χ4v) is 2.77. The van der Waals surface area contributed by atoms with E-state index in [1.54, 1.807) is 0 Å². The van der Waals surface area contributed by atoms with E-state index in [1.165, 1.54) is 32.1 Å². The van der Waals surface area contributed by atoms with Crippen LogP contribution in [-0.4, -0.2) is 12.1 Å². The normalized spacial score (nSPS) is 33.0. The third kappa shape index (κ3) is 4.86. The Labute approximate surface area is 102 Å². The molecule has 96 valence electrons. The largest absolute Gasteiger partial charge is 0.311 e. The molecule has 1 aliphatic carbocycles. The van der Waals surface area contributed by atoms with Crippen molar-refractivity contribution in [2.24, 2.45) is 17.8 Å². The zero-order valence-electron chi connectivity index (χ0n) is 11.9. The first-order valence-electron chi connectivity index (χ1n) is 7.25. The lowest BCUT2D eigenvalue weighted by Gasteiger charge is -2.34. The molecule has 0 aliphatic heterocycles. The van der Waals surface area contributed by atoms with Crippen molar-refractivity contribution in [3.05, 3.63) is 0 Å². The van der Waals surface area contributed by atoms with E-state index in [-0.39, 0.29) is 0 Å². The molecule has 4 unspecified atom stereocenters. The van der Waals surface area contributed by atoms with Crippen LogP contribution in [0.15, 0.2) is 0 Å². The Hall–Kier alpha value is -0.0400. The van der Waals surface area contributed by atoms with Gasteiger partial charge in [0.1, 0.15) is 0 Å². The van der Waals surface area contributed by atoms with Crippen molar-refractivity contribution in [3.8, 4) is 0 Å². The number of hydrogen-bond acceptors (Lipinski definition) is 1. The van der Waals surface area contributed by atoms with E-state index in [0.29, 0.717) is 6.04 Å². The average Bonchev–Trinajstić information content (AvgIpc) is 2.21. The van der Waals surface area contributed by atoms with Gasteiger partial charge in [0, 0.05) is 12.1 Å². The summed E-state index contributed by atoms with van der Waals surface area (Å²) in [5.41, 5.74) is 0. The highest BCUT2D eigenvalue weighted by Crippen LogP contribution is 2.29. The van der Waals surface area contributed by atoms with Gasteiger partial charge >= 0.3 is 0 Å². The summed E-state index contributed by atoms with van der Waals surface area (Å²) < 4.78 is 0. The minimum atomic E-state index is 0.702. The van der Waals surface area contributed by atoms with Crippen molar-refractivity contribution in [2.45, 2.75) is 78.8 Å². The summed E-state index contributed by atoms with van der Waals surface area (Å²) in [4.78, 5) is 0. The topological polar surface area (TPSA) is 12.0 Å². The molecule has 0 heterocycles. The quantitative estimate of drug-likeness (QED) is 0.738. The third-order valence-corrected chi connectivity index (χ3v) is 4.30. The van der Waals surface area contributed by atoms with Crippen molar-refractivity contribution in [3.63, 3.8) is 0 Å². The lowest BCUT2D eigenvalue weighted by molar-refractivity contribution is 0.214. The first-order chi connectivity index (χ1) is 7.49. The first kappa shape index (κ1) is 14.0. The summed E-state index contributed by atoms with van der Waals surface area (Å²) in [5.74, 6) is 2.68. The maximum Gasteiger partial charge on any atom is 0.00722 e. The van der Waals surface area contributed by atoms with Crippen LogP contribution in [0.1, 0.15) is 66.7 Å². The molecule has 1 fully saturated rings. The third-order valence-electron chi connectivity index (χ3n) is 4.30. The van der Waals surface area contributed by atoms with Crippen LogP contribution in [0.5, 0.6) is 0 Å². The van der Waals surface area contributed by atoms with Crippen LogP contribution in [0.2, 0.25) is 0 Å². The van der Waals surface area contributed by atoms with Crippen molar-refractivity contribution in [1.29, 1.82) is 0 Å². The smallest absolute Gasteiger partial charge is 0.00722 e. The average molecular weight is 225 g/mol. The highest BCUT2D eigenvalue weighted by Gasteiger charge is 2.24. The van der Waals surface area contributed by atoms with E-state index in [1.807, 2.05) is 0 Å². The molecule has 0 saturated heterocycles. The number of rotatable bonds is 5. The first-order valence-corrected chi connectivity index (χ1v) is 7.25. The molecule has 4 atom stereocenters. The summed E-state index contributed by atoms with van der Waals surface area (Å²) in [6.45, 7) is 11.8. The van der Waals surface area contributed by atoms with E-state index in [2.05, 4.69) is 39.9 Å². The van der Waals surface area contributed by atoms with Crippen LogP contribution in [0.3, 0.4) is 0 Å². The molecular formula is C15H31N. The van der Waals surface area contributed by atoms with E-state index in [4.69, 9.17) is 0 Å². The van der Waals surface area contributed by atoms with Gasteiger partial charge in [-0.05, 0) is 56.8 Å². The molecule has 1 N–H and O–H groups in total. The molecule has 16 heavy (non-hydrogen) atoms. The van der Waals surface area contributed by atoms with Crippen LogP contribution >= 0.6 is 0 Å². The predicted molar refractivity (Wildman–Crippen MR) is 72.6 cm³/mol. The SMILES string of the molecule is CC(C)CCC(C)NC1CCC(C)C(C)C1. The molecule has 1 saturated carbocycles.